The molecule has 0 saturated carbocycles. The van der Waals surface area contributed by atoms with Crippen LogP contribution in [-0.4, -0.2) is 43.0 Å². The molecule has 36 heavy (non-hydrogen) atoms. The molecule has 5 rings (SSSR count). The van der Waals surface area contributed by atoms with Crippen molar-refractivity contribution in [2.45, 2.75) is 38.5 Å². The van der Waals surface area contributed by atoms with Gasteiger partial charge in [0.1, 0.15) is 15.7 Å². The van der Waals surface area contributed by atoms with Crippen molar-refractivity contribution in [3.63, 3.8) is 0 Å². The van der Waals surface area contributed by atoms with Gasteiger partial charge in [-0.2, -0.15) is 0 Å². The first kappa shape index (κ1) is 24.1. The second kappa shape index (κ2) is 9.82. The van der Waals surface area contributed by atoms with Crippen LogP contribution < -0.4 is 10.6 Å². The molecule has 3 heterocycles. The molecule has 2 aliphatic carbocycles. The lowest BCUT2D eigenvalue weighted by Gasteiger charge is -2.08. The Balaban J connectivity index is 1.31. The fourth-order valence-electron chi connectivity index (χ4n) is 4.63. The lowest BCUT2D eigenvalue weighted by molar-refractivity contribution is 0.0592. The molecule has 3 aromatic heterocycles. The number of aromatic nitrogens is 1. The van der Waals surface area contributed by atoms with Crippen molar-refractivity contribution in [3.05, 3.63) is 61.6 Å². The summed E-state index contributed by atoms with van der Waals surface area (Å²) in [5.41, 5.74) is 3.04. The first-order valence-corrected chi connectivity index (χ1v) is 13.1. The van der Waals surface area contributed by atoms with Gasteiger partial charge in [0.05, 0.1) is 30.9 Å². The highest BCUT2D eigenvalue weighted by molar-refractivity contribution is 7.17. The number of anilines is 2. The quantitative estimate of drug-likeness (QED) is 0.461. The zero-order chi connectivity index (χ0) is 25.4. The van der Waals surface area contributed by atoms with Crippen LogP contribution in [0.4, 0.5) is 10.0 Å². The topological polar surface area (TPSA) is 124 Å². The molecule has 0 fully saturated rings. The van der Waals surface area contributed by atoms with Crippen LogP contribution in [0.3, 0.4) is 0 Å². The Bertz CT molecular complexity index is 1280. The second-order valence-electron chi connectivity index (χ2n) is 8.45. The number of carbonyl (C=O) groups excluding carboxylic acids is 4. The molecule has 11 heteroatoms. The van der Waals surface area contributed by atoms with Crippen LogP contribution in [0.1, 0.15) is 75.3 Å². The van der Waals surface area contributed by atoms with Crippen LogP contribution in [0.2, 0.25) is 0 Å². The summed E-state index contributed by atoms with van der Waals surface area (Å²) in [6.07, 6.45) is 6.55. The third-order valence-electron chi connectivity index (χ3n) is 6.33. The Morgan fingerprint density at radius 3 is 1.78 bits per heavy atom. The SMILES string of the molecule is COC(=O)c1c(NC(=O)c2ccc(C(=O)Nc3sc4c(c3C(=O)OC)CCC4)nc2)sc2c1CCC2. The standard InChI is InChI=1S/C25H23N3O6S2/c1-33-24(31)18-13-5-3-7-16(13)35-22(18)27-20(29)12-9-10-15(26-11-12)21(30)28-23-19(25(32)34-2)14-6-4-8-17(14)36-23/h9-11H,3-8H2,1-2H3,(H,27,29)(H,28,30). The van der Waals surface area contributed by atoms with Crippen LogP contribution in [0.15, 0.2) is 18.3 Å². The van der Waals surface area contributed by atoms with E-state index in [2.05, 4.69) is 15.6 Å². The number of nitrogens with one attached hydrogen (secondary N) is 2. The molecule has 2 N–H and O–H groups in total. The maximum Gasteiger partial charge on any atom is 0.341 e. The number of thiophene rings is 2. The fourth-order valence-corrected chi connectivity index (χ4v) is 7.17. The minimum absolute atomic E-state index is 0.0984. The summed E-state index contributed by atoms with van der Waals surface area (Å²) in [6.45, 7) is 0. The summed E-state index contributed by atoms with van der Waals surface area (Å²) in [6, 6.07) is 2.94. The van der Waals surface area contributed by atoms with E-state index in [1.54, 1.807) is 0 Å². The summed E-state index contributed by atoms with van der Waals surface area (Å²) in [7, 11) is 2.63. The van der Waals surface area contributed by atoms with E-state index in [-0.39, 0.29) is 11.3 Å². The predicted molar refractivity (Wildman–Crippen MR) is 136 cm³/mol. The number of amides is 2. The third kappa shape index (κ3) is 4.28. The van der Waals surface area contributed by atoms with Crippen molar-refractivity contribution in [1.82, 2.24) is 4.98 Å². The van der Waals surface area contributed by atoms with E-state index in [9.17, 15) is 19.2 Å². The molecule has 0 radical (unpaired) electrons. The van der Waals surface area contributed by atoms with Crippen LogP contribution in [-0.2, 0) is 35.2 Å². The molecule has 9 nitrogen and oxygen atoms in total. The Morgan fingerprint density at radius 2 is 1.31 bits per heavy atom. The second-order valence-corrected chi connectivity index (χ2v) is 10.7. The maximum absolute atomic E-state index is 12.9. The maximum atomic E-state index is 12.9. The lowest BCUT2D eigenvalue weighted by Crippen LogP contribution is -2.17. The summed E-state index contributed by atoms with van der Waals surface area (Å²) in [5, 5.41) is 6.47. The van der Waals surface area contributed by atoms with Crippen molar-refractivity contribution < 1.29 is 28.7 Å². The van der Waals surface area contributed by atoms with Crippen LogP contribution in [0.5, 0.6) is 0 Å². The summed E-state index contributed by atoms with van der Waals surface area (Å²) in [5.74, 6) is -1.88. The molecule has 0 bridgehead atoms. The molecule has 2 aliphatic rings. The highest BCUT2D eigenvalue weighted by Crippen LogP contribution is 2.40. The Hall–Kier alpha value is -3.57. The van der Waals surface area contributed by atoms with Gasteiger partial charge in [0.2, 0.25) is 0 Å². The van der Waals surface area contributed by atoms with Crippen LogP contribution in [0.25, 0.3) is 0 Å². The van der Waals surface area contributed by atoms with Crippen LogP contribution >= 0.6 is 22.7 Å². The number of methoxy groups -OCH3 is 2. The minimum Gasteiger partial charge on any atom is -0.465 e. The van der Waals surface area contributed by atoms with E-state index < -0.39 is 23.8 Å². The smallest absolute Gasteiger partial charge is 0.341 e. The van der Waals surface area contributed by atoms with E-state index in [1.165, 1.54) is 55.2 Å². The number of ether oxygens (including phenoxy) is 2. The Labute approximate surface area is 214 Å². The number of nitrogens with zero attached hydrogens (tertiary/aromatic N) is 1. The zero-order valence-electron chi connectivity index (χ0n) is 19.7. The molecule has 0 unspecified atom stereocenters. The average molecular weight is 526 g/mol. The molecular weight excluding hydrogens is 502 g/mol. The summed E-state index contributed by atoms with van der Waals surface area (Å²) in [4.78, 5) is 56.7. The van der Waals surface area contributed by atoms with E-state index in [4.69, 9.17) is 9.47 Å². The molecule has 0 saturated heterocycles. The lowest BCUT2D eigenvalue weighted by atomic mass is 10.1. The van der Waals surface area contributed by atoms with Gasteiger partial charge >= 0.3 is 11.9 Å². The van der Waals surface area contributed by atoms with Gasteiger partial charge in [-0.1, -0.05) is 0 Å². The predicted octanol–water partition coefficient (Wildman–Crippen LogP) is 4.26. The molecular formula is C25H23N3O6S2. The van der Waals surface area contributed by atoms with Crippen molar-refractivity contribution in [1.29, 1.82) is 0 Å². The average Bonchev–Trinajstić information content (AvgIpc) is 3.64. The number of hydrogen-bond acceptors (Lipinski definition) is 9. The van der Waals surface area contributed by atoms with E-state index in [0.717, 1.165) is 59.4 Å². The number of hydrogen-bond donors (Lipinski definition) is 2. The Morgan fingerprint density at radius 1 is 0.778 bits per heavy atom. The summed E-state index contributed by atoms with van der Waals surface area (Å²) >= 11 is 2.76. The number of pyridine rings is 1. The normalized spacial score (nSPS) is 13.6. The van der Waals surface area contributed by atoms with Gasteiger partial charge in [0, 0.05) is 16.0 Å². The minimum atomic E-state index is -0.491. The number of carbonyl (C=O) groups is 4. The van der Waals surface area contributed by atoms with Gasteiger partial charge in [-0.3, -0.25) is 14.6 Å². The molecule has 0 aliphatic heterocycles. The third-order valence-corrected chi connectivity index (χ3v) is 8.75. The van der Waals surface area contributed by atoms with Gasteiger partial charge in [0.15, 0.2) is 0 Å². The first-order chi connectivity index (χ1) is 17.4. The van der Waals surface area contributed by atoms with Gasteiger partial charge in [0.25, 0.3) is 11.8 Å². The van der Waals surface area contributed by atoms with E-state index >= 15 is 0 Å². The van der Waals surface area contributed by atoms with Crippen molar-refractivity contribution >= 4 is 56.4 Å². The van der Waals surface area contributed by atoms with Crippen molar-refractivity contribution in [2.75, 3.05) is 24.9 Å². The van der Waals surface area contributed by atoms with Gasteiger partial charge in [-0.25, -0.2) is 9.59 Å². The zero-order valence-corrected chi connectivity index (χ0v) is 21.3. The fraction of sp³-hybridized carbons (Fsp3) is 0.320. The monoisotopic (exact) mass is 525 g/mol. The first-order valence-electron chi connectivity index (χ1n) is 11.5. The van der Waals surface area contributed by atoms with Crippen molar-refractivity contribution in [2.24, 2.45) is 0 Å². The molecule has 0 spiro atoms. The van der Waals surface area contributed by atoms with Crippen molar-refractivity contribution in [3.8, 4) is 0 Å². The molecule has 3 aromatic rings. The van der Waals surface area contributed by atoms with Crippen LogP contribution in [0, 0.1) is 0 Å². The highest BCUT2D eigenvalue weighted by atomic mass is 32.1. The van der Waals surface area contributed by atoms with E-state index in [1.807, 2.05) is 0 Å². The molecule has 0 aromatic carbocycles. The number of rotatable bonds is 6. The highest BCUT2D eigenvalue weighted by Gasteiger charge is 2.30. The number of fused-ring (bicyclic) bond motifs is 2. The van der Waals surface area contributed by atoms with Gasteiger partial charge in [-0.15, -0.1) is 22.7 Å². The Kier molecular flexibility index (Phi) is 6.59. The molecule has 2 amide bonds. The largest absolute Gasteiger partial charge is 0.465 e. The molecule has 0 atom stereocenters. The van der Waals surface area contributed by atoms with E-state index in [0.29, 0.717) is 21.1 Å². The number of aryl methyl sites for hydroxylation is 2. The number of esters is 2. The molecule has 186 valence electrons. The van der Waals surface area contributed by atoms with Gasteiger partial charge < -0.3 is 20.1 Å². The summed E-state index contributed by atoms with van der Waals surface area (Å²) < 4.78 is 9.84. The van der Waals surface area contributed by atoms with Gasteiger partial charge in [-0.05, 0) is 61.8 Å².